The fourth-order valence-corrected chi connectivity index (χ4v) is 4.37. The number of benzene rings is 1. The van der Waals surface area contributed by atoms with Gasteiger partial charge in [-0.3, -0.25) is 9.69 Å². The molecule has 0 aliphatic carbocycles. The summed E-state index contributed by atoms with van der Waals surface area (Å²) >= 11 is 18.2. The van der Waals surface area contributed by atoms with Gasteiger partial charge in [0.2, 0.25) is 0 Å². The summed E-state index contributed by atoms with van der Waals surface area (Å²) in [5.74, 6) is -0.801. The third-order valence-electron chi connectivity index (χ3n) is 4.07. The number of halogens is 2. The smallest absolute Gasteiger partial charge is 0.266 e. The van der Waals surface area contributed by atoms with Crippen LogP contribution in [0.3, 0.4) is 0 Å². The van der Waals surface area contributed by atoms with Gasteiger partial charge in [-0.15, -0.1) is 0 Å². The number of carboxylic acids is 1. The van der Waals surface area contributed by atoms with Crippen LogP contribution in [0.1, 0.15) is 25.5 Å². The molecule has 0 N–H and O–H groups in total. The maximum absolute atomic E-state index is 12.7. The highest BCUT2D eigenvalue weighted by molar-refractivity contribution is 8.26. The number of hydrogen-bond acceptors (Lipinski definition) is 6. The Labute approximate surface area is 181 Å². The summed E-state index contributed by atoms with van der Waals surface area (Å²) in [6.45, 7) is 1.83. The van der Waals surface area contributed by atoms with Crippen LogP contribution in [-0.4, -0.2) is 27.1 Å². The van der Waals surface area contributed by atoms with Crippen molar-refractivity contribution in [2.75, 3.05) is 0 Å². The lowest BCUT2D eigenvalue weighted by Gasteiger charge is -2.27. The second-order valence-corrected chi connectivity index (χ2v) is 8.50. The van der Waals surface area contributed by atoms with Gasteiger partial charge >= 0.3 is 0 Å². The number of carbonyl (C=O) groups excluding carboxylic acids is 2. The first-order valence-electron chi connectivity index (χ1n) is 8.35. The highest BCUT2D eigenvalue weighted by atomic mass is 35.5. The van der Waals surface area contributed by atoms with E-state index in [1.807, 2.05) is 6.92 Å². The molecule has 146 valence electrons. The predicted octanol–water partition coefficient (Wildman–Crippen LogP) is 4.37. The zero-order valence-electron chi connectivity index (χ0n) is 14.6. The first-order valence-corrected chi connectivity index (χ1v) is 10.3. The van der Waals surface area contributed by atoms with E-state index in [2.05, 4.69) is 0 Å². The summed E-state index contributed by atoms with van der Waals surface area (Å²) in [7, 11) is 0. The van der Waals surface area contributed by atoms with E-state index in [0.29, 0.717) is 32.9 Å². The minimum atomic E-state index is -1.32. The molecule has 9 heteroatoms. The highest BCUT2D eigenvalue weighted by Gasteiger charge is 2.37. The Kier molecular flexibility index (Phi) is 6.50. The number of nitrogens with zero attached hydrogens (tertiary/aromatic N) is 1. The van der Waals surface area contributed by atoms with E-state index in [1.54, 1.807) is 36.4 Å². The van der Waals surface area contributed by atoms with Crippen LogP contribution in [0, 0.1) is 0 Å². The zero-order chi connectivity index (χ0) is 20.4. The number of carbonyl (C=O) groups is 2. The van der Waals surface area contributed by atoms with E-state index in [-0.39, 0.29) is 10.7 Å². The molecule has 1 aromatic carbocycles. The van der Waals surface area contributed by atoms with E-state index in [0.717, 1.165) is 22.2 Å². The molecule has 3 rings (SSSR count). The Hall–Kier alpha value is -1.80. The summed E-state index contributed by atoms with van der Waals surface area (Å²) in [6, 6.07) is 7.49. The Morgan fingerprint density at radius 3 is 2.71 bits per heavy atom. The number of hydrogen-bond donors (Lipinski definition) is 0. The Morgan fingerprint density at radius 2 is 2.07 bits per heavy atom. The van der Waals surface area contributed by atoms with Gasteiger partial charge in [0.05, 0.1) is 27.0 Å². The maximum Gasteiger partial charge on any atom is 0.266 e. The van der Waals surface area contributed by atoms with Crippen molar-refractivity contribution in [2.24, 2.45) is 0 Å². The Bertz CT molecular complexity index is 986. The van der Waals surface area contributed by atoms with Crippen LogP contribution in [0.25, 0.3) is 17.4 Å². The van der Waals surface area contributed by atoms with Gasteiger partial charge < -0.3 is 14.3 Å². The molecule has 0 bridgehead atoms. The molecule has 1 atom stereocenters. The Morgan fingerprint density at radius 1 is 1.32 bits per heavy atom. The minimum absolute atomic E-state index is 0.190. The molecule has 1 fully saturated rings. The van der Waals surface area contributed by atoms with Gasteiger partial charge in [-0.05, 0) is 36.8 Å². The molecule has 0 radical (unpaired) electrons. The van der Waals surface area contributed by atoms with Gasteiger partial charge in [0.15, 0.2) is 0 Å². The quantitative estimate of drug-likeness (QED) is 0.476. The number of aliphatic carboxylic acids is 1. The molecule has 0 unspecified atom stereocenters. The van der Waals surface area contributed by atoms with Crippen molar-refractivity contribution in [2.45, 2.75) is 25.8 Å². The normalized spacial score (nSPS) is 16.8. The second kappa shape index (κ2) is 8.69. The first kappa shape index (κ1) is 20.9. The van der Waals surface area contributed by atoms with E-state index in [4.69, 9.17) is 39.8 Å². The molecule has 28 heavy (non-hydrogen) atoms. The summed E-state index contributed by atoms with van der Waals surface area (Å²) in [4.78, 5) is 25.5. The van der Waals surface area contributed by atoms with Crippen molar-refractivity contribution in [1.29, 1.82) is 0 Å². The summed E-state index contributed by atoms with van der Waals surface area (Å²) in [5.41, 5.74) is 0.738. The van der Waals surface area contributed by atoms with Crippen molar-refractivity contribution in [1.82, 2.24) is 4.90 Å². The number of carboxylic acid groups (broad SMARTS) is 1. The van der Waals surface area contributed by atoms with Crippen LogP contribution in [0.4, 0.5) is 0 Å². The summed E-state index contributed by atoms with van der Waals surface area (Å²) in [6.07, 6.45) is 2.39. The van der Waals surface area contributed by atoms with Crippen LogP contribution >= 0.6 is 47.2 Å². The lowest BCUT2D eigenvalue weighted by molar-refractivity contribution is -0.310. The number of thiocarbonyl (C=S) groups is 1. The largest absolute Gasteiger partial charge is 0.548 e. The monoisotopic (exact) mass is 454 g/mol. The van der Waals surface area contributed by atoms with Crippen LogP contribution in [0.5, 0.6) is 0 Å². The van der Waals surface area contributed by atoms with E-state index >= 15 is 0 Å². The summed E-state index contributed by atoms with van der Waals surface area (Å²) in [5, 5.41) is 12.3. The predicted molar refractivity (Wildman–Crippen MR) is 113 cm³/mol. The minimum Gasteiger partial charge on any atom is -0.548 e. The molecule has 0 spiro atoms. The Balaban J connectivity index is 1.85. The van der Waals surface area contributed by atoms with Gasteiger partial charge in [-0.25, -0.2) is 0 Å². The number of rotatable bonds is 6. The van der Waals surface area contributed by atoms with Crippen LogP contribution < -0.4 is 5.11 Å². The fourth-order valence-electron chi connectivity index (χ4n) is 2.74. The lowest BCUT2D eigenvalue weighted by Crippen LogP contribution is -2.49. The van der Waals surface area contributed by atoms with E-state index < -0.39 is 17.9 Å². The molecular weight excluding hydrogens is 441 g/mol. The number of thioether (sulfide) groups is 1. The maximum atomic E-state index is 12.7. The highest BCUT2D eigenvalue weighted by Crippen LogP contribution is 2.36. The molecular formula is C19H14Cl2NO4S2-. The molecule has 2 heterocycles. The van der Waals surface area contributed by atoms with Crippen molar-refractivity contribution in [3.8, 4) is 11.3 Å². The molecule has 5 nitrogen and oxygen atoms in total. The average Bonchev–Trinajstić information content (AvgIpc) is 3.21. The fraction of sp³-hybridized carbons (Fsp3) is 0.211. The van der Waals surface area contributed by atoms with Gasteiger partial charge in [-0.2, -0.15) is 0 Å². The van der Waals surface area contributed by atoms with Crippen molar-refractivity contribution < 1.29 is 19.1 Å². The van der Waals surface area contributed by atoms with E-state index in [1.165, 1.54) is 0 Å². The van der Waals surface area contributed by atoms with Crippen molar-refractivity contribution in [3.05, 3.63) is 51.0 Å². The molecule has 0 saturated carbocycles. The molecule has 1 saturated heterocycles. The number of furan rings is 1. The van der Waals surface area contributed by atoms with Gasteiger partial charge in [-0.1, -0.05) is 60.5 Å². The van der Waals surface area contributed by atoms with Crippen LogP contribution in [0.15, 0.2) is 39.7 Å². The lowest BCUT2D eigenvalue weighted by atomic mass is 10.1. The topological polar surface area (TPSA) is 73.6 Å². The molecule has 1 aromatic heterocycles. The van der Waals surface area contributed by atoms with Crippen molar-refractivity contribution in [3.63, 3.8) is 0 Å². The molecule has 1 aliphatic rings. The summed E-state index contributed by atoms with van der Waals surface area (Å²) < 4.78 is 5.96. The van der Waals surface area contributed by atoms with Gasteiger partial charge in [0, 0.05) is 11.6 Å². The second-order valence-electron chi connectivity index (χ2n) is 6.01. The third kappa shape index (κ3) is 4.27. The standard InChI is InChI=1S/C19H15Cl2NO4S2/c1-2-3-14(18(24)25)22-17(23)16(28-19(22)27)9-11-5-7-15(26-11)10-4-6-12(20)13(21)8-10/h4-9,14H,2-3H2,1H3,(H,24,25)/p-1/b16-9+/t14-/m1/s1. The van der Waals surface area contributed by atoms with Crippen LogP contribution in [0.2, 0.25) is 10.0 Å². The van der Waals surface area contributed by atoms with Gasteiger partial charge in [0.1, 0.15) is 15.8 Å². The van der Waals surface area contributed by atoms with Gasteiger partial charge in [0.25, 0.3) is 5.91 Å². The SMILES string of the molecule is CCC[C@H](C(=O)[O-])N1C(=O)/C(=C\c2ccc(-c3ccc(Cl)c(Cl)c3)o2)SC1=S. The zero-order valence-corrected chi connectivity index (χ0v) is 17.8. The molecule has 1 aliphatic heterocycles. The van der Waals surface area contributed by atoms with Crippen LogP contribution in [-0.2, 0) is 9.59 Å². The first-order chi connectivity index (χ1) is 13.3. The van der Waals surface area contributed by atoms with E-state index in [9.17, 15) is 14.7 Å². The third-order valence-corrected chi connectivity index (χ3v) is 6.14. The average molecular weight is 455 g/mol. The van der Waals surface area contributed by atoms with Crippen molar-refractivity contribution >= 4 is 69.5 Å². The molecule has 2 aromatic rings. The molecule has 1 amide bonds. The number of amides is 1.